The molecule has 0 aliphatic carbocycles. The summed E-state index contributed by atoms with van der Waals surface area (Å²) in [7, 11) is 1.68. The summed E-state index contributed by atoms with van der Waals surface area (Å²) in [6, 6.07) is 7.67. The van der Waals surface area contributed by atoms with Gasteiger partial charge in [0.15, 0.2) is 5.76 Å². The average molecular weight is 365 g/mol. The summed E-state index contributed by atoms with van der Waals surface area (Å²) in [5.41, 5.74) is 0.993. The van der Waals surface area contributed by atoms with Gasteiger partial charge in [0.1, 0.15) is 5.70 Å². The number of piperazine rings is 1. The molecule has 0 aromatic heterocycles. The summed E-state index contributed by atoms with van der Waals surface area (Å²) in [6.07, 6.45) is 0.997. The van der Waals surface area contributed by atoms with Crippen LogP contribution in [0, 0.1) is 0 Å². The molecular formula is C16H17BrN2O3. The third-order valence-corrected chi connectivity index (χ3v) is 3.98. The number of hydrogen-bond acceptors (Lipinski definition) is 4. The maximum atomic E-state index is 12.6. The largest absolute Gasteiger partial charge is 0.503 e. The molecule has 1 aliphatic rings. The van der Waals surface area contributed by atoms with Crippen LogP contribution in [0.15, 0.2) is 52.8 Å². The summed E-state index contributed by atoms with van der Waals surface area (Å²) in [5.74, 6) is -1.57. The van der Waals surface area contributed by atoms with E-state index in [1.54, 1.807) is 16.8 Å². The quantitative estimate of drug-likeness (QED) is 0.657. The molecule has 1 aliphatic heterocycles. The van der Waals surface area contributed by atoms with E-state index in [4.69, 9.17) is 0 Å². The zero-order valence-corrected chi connectivity index (χ0v) is 13.8. The Kier molecular flexibility index (Phi) is 5.03. The van der Waals surface area contributed by atoms with E-state index in [1.807, 2.05) is 24.3 Å². The van der Waals surface area contributed by atoms with Gasteiger partial charge in [0, 0.05) is 31.2 Å². The van der Waals surface area contributed by atoms with Gasteiger partial charge >= 0.3 is 0 Å². The van der Waals surface area contributed by atoms with Crippen LogP contribution >= 0.6 is 15.9 Å². The molecule has 1 amide bonds. The van der Waals surface area contributed by atoms with Crippen molar-refractivity contribution in [1.82, 2.24) is 9.80 Å². The number of carbonyl (C=O) groups is 2. The molecule has 1 heterocycles. The molecule has 1 fully saturated rings. The highest BCUT2D eigenvalue weighted by molar-refractivity contribution is 9.10. The fourth-order valence-corrected chi connectivity index (χ4v) is 2.75. The van der Waals surface area contributed by atoms with Crippen LogP contribution in [0.25, 0.3) is 0 Å². The minimum Gasteiger partial charge on any atom is -0.503 e. The molecule has 6 heteroatoms. The van der Waals surface area contributed by atoms with E-state index < -0.39 is 11.5 Å². The molecule has 1 aromatic rings. The molecule has 0 bridgehead atoms. The Morgan fingerprint density at radius 2 is 2.18 bits per heavy atom. The van der Waals surface area contributed by atoms with Crippen LogP contribution in [0.1, 0.15) is 5.56 Å². The smallest absolute Gasteiger partial charge is 0.274 e. The van der Waals surface area contributed by atoms with Crippen molar-refractivity contribution in [2.24, 2.45) is 0 Å². The number of hydrogen-bond donors (Lipinski definition) is 1. The Morgan fingerprint density at radius 3 is 2.82 bits per heavy atom. The minimum atomic E-state index is -0.653. The van der Waals surface area contributed by atoms with Gasteiger partial charge in [-0.2, -0.15) is 0 Å². The Morgan fingerprint density at radius 1 is 1.45 bits per heavy atom. The first-order valence-electron chi connectivity index (χ1n) is 6.79. The van der Waals surface area contributed by atoms with Crippen LogP contribution in [0.2, 0.25) is 0 Å². The number of aliphatic hydroxyl groups is 1. The van der Waals surface area contributed by atoms with Crippen LogP contribution in [-0.4, -0.2) is 46.7 Å². The molecule has 5 nitrogen and oxygen atoms in total. The number of rotatable bonds is 4. The molecule has 1 aromatic carbocycles. The summed E-state index contributed by atoms with van der Waals surface area (Å²) in [6.45, 7) is 4.83. The second kappa shape index (κ2) is 6.79. The van der Waals surface area contributed by atoms with Crippen molar-refractivity contribution in [3.05, 3.63) is 58.4 Å². The van der Waals surface area contributed by atoms with Gasteiger partial charge in [-0.25, -0.2) is 0 Å². The lowest BCUT2D eigenvalue weighted by atomic mass is 10.1. The normalized spacial score (nSPS) is 17.5. The van der Waals surface area contributed by atoms with E-state index in [2.05, 4.69) is 22.5 Å². The van der Waals surface area contributed by atoms with Crippen LogP contribution in [0.5, 0.6) is 0 Å². The standard InChI is InChI=1S/C16H17BrN2O3/c1-3-13(20)15(21)14-16(22)19(8-7-18(14)2)10-11-5-4-6-12(17)9-11/h3-6,9,21H,1,7-8,10H2,2H3/b15-14+. The van der Waals surface area contributed by atoms with Crippen molar-refractivity contribution in [1.29, 1.82) is 0 Å². The van der Waals surface area contributed by atoms with Crippen molar-refractivity contribution < 1.29 is 14.7 Å². The SMILES string of the molecule is C=CC(=O)/C(O)=C1/C(=O)N(Cc2cccc(Br)c2)CCN1C. The summed E-state index contributed by atoms with van der Waals surface area (Å²) < 4.78 is 0.937. The number of allylic oxidation sites excluding steroid dienone is 1. The fourth-order valence-electron chi connectivity index (χ4n) is 2.30. The van der Waals surface area contributed by atoms with Crippen molar-refractivity contribution >= 4 is 27.6 Å². The monoisotopic (exact) mass is 364 g/mol. The highest BCUT2D eigenvalue weighted by Crippen LogP contribution is 2.20. The maximum Gasteiger partial charge on any atom is 0.274 e. The molecule has 2 rings (SSSR count). The van der Waals surface area contributed by atoms with E-state index in [1.165, 1.54) is 0 Å². The molecule has 0 unspecified atom stereocenters. The van der Waals surface area contributed by atoms with Crippen LogP contribution < -0.4 is 0 Å². The number of carbonyl (C=O) groups excluding carboxylic acids is 2. The highest BCUT2D eigenvalue weighted by Gasteiger charge is 2.31. The second-order valence-electron chi connectivity index (χ2n) is 5.04. The van der Waals surface area contributed by atoms with Gasteiger partial charge in [0.05, 0.1) is 0 Å². The lowest BCUT2D eigenvalue weighted by Crippen LogP contribution is -2.47. The fraction of sp³-hybridized carbons (Fsp3) is 0.250. The summed E-state index contributed by atoms with van der Waals surface area (Å²) in [4.78, 5) is 27.3. The number of amides is 1. The Bertz CT molecular complexity index is 655. The second-order valence-corrected chi connectivity index (χ2v) is 5.96. The van der Waals surface area contributed by atoms with E-state index >= 15 is 0 Å². The van der Waals surface area contributed by atoms with Crippen molar-refractivity contribution in [2.45, 2.75) is 6.54 Å². The minimum absolute atomic E-state index is 0.0196. The molecule has 0 atom stereocenters. The predicted octanol–water partition coefficient (Wildman–Crippen LogP) is 2.25. The van der Waals surface area contributed by atoms with Gasteiger partial charge in [0.2, 0.25) is 5.78 Å². The van der Waals surface area contributed by atoms with Crippen LogP contribution in [0.3, 0.4) is 0 Å². The number of halogens is 1. The molecule has 0 saturated carbocycles. The van der Waals surface area contributed by atoms with Crippen molar-refractivity contribution in [3.8, 4) is 0 Å². The van der Waals surface area contributed by atoms with Crippen molar-refractivity contribution in [2.75, 3.05) is 20.1 Å². The predicted molar refractivity (Wildman–Crippen MR) is 87.0 cm³/mol. The maximum absolute atomic E-state index is 12.6. The Labute approximate surface area is 137 Å². The van der Waals surface area contributed by atoms with Gasteiger partial charge in [-0.15, -0.1) is 0 Å². The van der Waals surface area contributed by atoms with Crippen LogP contribution in [-0.2, 0) is 16.1 Å². The summed E-state index contributed by atoms with van der Waals surface area (Å²) in [5, 5.41) is 9.97. The van der Waals surface area contributed by atoms with E-state index in [9.17, 15) is 14.7 Å². The zero-order chi connectivity index (χ0) is 16.3. The topological polar surface area (TPSA) is 60.9 Å². The van der Waals surface area contributed by atoms with E-state index in [-0.39, 0.29) is 11.6 Å². The Hall–Kier alpha value is -2.08. The van der Waals surface area contributed by atoms with Gasteiger partial charge in [-0.1, -0.05) is 34.6 Å². The van der Waals surface area contributed by atoms with E-state index in [0.29, 0.717) is 19.6 Å². The zero-order valence-electron chi connectivity index (χ0n) is 12.3. The molecule has 116 valence electrons. The molecule has 0 radical (unpaired) electrons. The highest BCUT2D eigenvalue weighted by atomic mass is 79.9. The van der Waals surface area contributed by atoms with Gasteiger partial charge < -0.3 is 14.9 Å². The number of benzene rings is 1. The lowest BCUT2D eigenvalue weighted by Gasteiger charge is -2.35. The summed E-state index contributed by atoms with van der Waals surface area (Å²) >= 11 is 3.40. The first-order valence-corrected chi connectivity index (χ1v) is 7.58. The van der Waals surface area contributed by atoms with Gasteiger partial charge in [-0.05, 0) is 23.8 Å². The molecular weight excluding hydrogens is 348 g/mol. The number of aliphatic hydroxyl groups excluding tert-OH is 1. The van der Waals surface area contributed by atoms with Gasteiger partial charge in [0.25, 0.3) is 5.91 Å². The number of likely N-dealkylation sites (N-methyl/N-ethyl adjacent to an activating group) is 1. The van der Waals surface area contributed by atoms with E-state index in [0.717, 1.165) is 16.1 Å². The first kappa shape index (κ1) is 16.3. The lowest BCUT2D eigenvalue weighted by molar-refractivity contribution is -0.132. The molecule has 0 spiro atoms. The third kappa shape index (κ3) is 3.39. The third-order valence-electron chi connectivity index (χ3n) is 3.48. The molecule has 1 saturated heterocycles. The molecule has 22 heavy (non-hydrogen) atoms. The van der Waals surface area contributed by atoms with Gasteiger partial charge in [-0.3, -0.25) is 9.59 Å². The average Bonchev–Trinajstić information content (AvgIpc) is 2.49. The van der Waals surface area contributed by atoms with Crippen LogP contribution in [0.4, 0.5) is 0 Å². The molecule has 1 N–H and O–H groups in total. The Balaban J connectivity index is 2.27. The van der Waals surface area contributed by atoms with Crippen molar-refractivity contribution in [3.63, 3.8) is 0 Å². The number of ketones is 1. The first-order chi connectivity index (χ1) is 10.4. The number of nitrogens with zero attached hydrogens (tertiary/aromatic N) is 2.